The van der Waals surface area contributed by atoms with Crippen LogP contribution < -0.4 is 10.6 Å². The largest absolute Gasteiger partial charge is 0.375 e. The minimum Gasteiger partial charge on any atom is -0.375 e. The highest BCUT2D eigenvalue weighted by atomic mass is 16.2. The number of aromatic nitrogens is 5. The van der Waals surface area contributed by atoms with Crippen molar-refractivity contribution in [1.82, 2.24) is 35.6 Å². The zero-order valence-corrected chi connectivity index (χ0v) is 20.9. The summed E-state index contributed by atoms with van der Waals surface area (Å²) in [5.74, 6) is 0.834. The number of aromatic amines is 2. The molecule has 2 fully saturated rings. The smallest absolute Gasteiger partial charge is 0.251 e. The first-order valence-corrected chi connectivity index (χ1v) is 13.4. The number of benzene rings is 2. The Kier molecular flexibility index (Phi) is 5.60. The number of hydrogen-bond donors (Lipinski definition) is 4. The molecule has 0 spiro atoms. The van der Waals surface area contributed by atoms with Gasteiger partial charge in [-0.3, -0.25) is 9.59 Å². The third-order valence-electron chi connectivity index (χ3n) is 8.54. The number of hydrogen-bond acceptors (Lipinski definition) is 6. The quantitative estimate of drug-likeness (QED) is 0.331. The number of nitrogens with zero attached hydrogens (tertiary/aromatic N) is 4. The van der Waals surface area contributed by atoms with Crippen LogP contribution in [-0.4, -0.2) is 54.7 Å². The number of para-hydroxylation sites is 1. The first-order valence-electron chi connectivity index (χ1n) is 13.4. The van der Waals surface area contributed by atoms with E-state index >= 15 is 0 Å². The van der Waals surface area contributed by atoms with Gasteiger partial charge in [0.05, 0.1) is 18.0 Å². The highest BCUT2D eigenvalue weighted by Crippen LogP contribution is 2.51. The topological polar surface area (TPSA) is 132 Å². The fourth-order valence-corrected chi connectivity index (χ4v) is 6.74. The summed E-state index contributed by atoms with van der Waals surface area (Å²) in [5.41, 5.74) is 4.09. The zero-order valence-electron chi connectivity index (χ0n) is 20.9. The zero-order chi connectivity index (χ0) is 25.6. The fraction of sp³-hybridized carbons (Fsp3) is 0.393. The van der Waals surface area contributed by atoms with Crippen molar-refractivity contribution in [2.45, 2.75) is 50.2 Å². The van der Waals surface area contributed by atoms with Crippen LogP contribution in [0.25, 0.3) is 11.0 Å². The second-order valence-electron chi connectivity index (χ2n) is 10.6. The van der Waals surface area contributed by atoms with Gasteiger partial charge in [0.2, 0.25) is 5.91 Å². The molecule has 2 aromatic carbocycles. The number of nitrogens with one attached hydrogen (secondary N) is 4. The molecule has 1 saturated carbocycles. The van der Waals surface area contributed by atoms with Crippen LogP contribution in [0.15, 0.2) is 54.9 Å². The molecule has 0 bridgehead atoms. The Balaban J connectivity index is 1.15. The molecular weight excluding hydrogens is 480 g/mol. The standard InChI is InChI=1S/C28H30N8O2/c37-27(16-9-10-22-23(15-16)34-35-33-22)32-21-8-4-2-6-18(21)28(38)36-14-11-19-24(26-29-12-13-30-26)31-20-7-3-1-5-17(20)25(19)36/h1,3,5,7,9-10,12-13,15,18-19,21,24-25,31H,2,4,6,8,11,14H2,(H,29,30)(H,32,37)(H,33,34,35)/t18-,19-,21+,24+,25-/m0/s1. The third kappa shape index (κ3) is 3.82. The lowest BCUT2D eigenvalue weighted by atomic mass is 9.80. The van der Waals surface area contributed by atoms with Crippen molar-refractivity contribution in [3.8, 4) is 0 Å². The molecule has 0 radical (unpaired) electrons. The average Bonchev–Trinajstić information content (AvgIpc) is 3.73. The Bertz CT molecular complexity index is 1480. The van der Waals surface area contributed by atoms with Crippen molar-refractivity contribution in [3.05, 3.63) is 71.8 Å². The molecule has 2 aromatic heterocycles. The number of carbonyl (C=O) groups is 2. The minimum atomic E-state index is -0.244. The molecular formula is C28H30N8O2. The van der Waals surface area contributed by atoms with E-state index in [1.165, 1.54) is 0 Å². The first-order chi connectivity index (χ1) is 18.7. The predicted molar refractivity (Wildman–Crippen MR) is 141 cm³/mol. The van der Waals surface area contributed by atoms with E-state index in [2.05, 4.69) is 53.0 Å². The molecule has 4 heterocycles. The molecule has 10 nitrogen and oxygen atoms in total. The predicted octanol–water partition coefficient (Wildman–Crippen LogP) is 3.73. The van der Waals surface area contributed by atoms with Gasteiger partial charge in [-0.2, -0.15) is 15.4 Å². The van der Waals surface area contributed by atoms with Gasteiger partial charge in [0.25, 0.3) is 5.91 Å². The SMILES string of the molecule is O=C(N[C@@H]1CCCC[C@@H]1C(=O)N1CC[C@H]2[C@H](c3ncc[nH]3)Nc3ccccc3[C@@H]21)c1ccc2n[nH]nc2c1. The molecule has 7 rings (SSSR count). The monoisotopic (exact) mass is 510 g/mol. The Morgan fingerprint density at radius 3 is 2.76 bits per heavy atom. The molecule has 4 N–H and O–H groups in total. The molecule has 194 valence electrons. The maximum absolute atomic E-state index is 14.2. The van der Waals surface area contributed by atoms with Gasteiger partial charge in [0, 0.05) is 42.1 Å². The van der Waals surface area contributed by atoms with Crippen molar-refractivity contribution >= 4 is 28.5 Å². The molecule has 2 amide bonds. The van der Waals surface area contributed by atoms with Crippen LogP contribution in [0.2, 0.25) is 0 Å². The van der Waals surface area contributed by atoms with Crippen LogP contribution >= 0.6 is 0 Å². The number of H-pyrrole nitrogens is 2. The van der Waals surface area contributed by atoms with Gasteiger partial charge in [-0.15, -0.1) is 0 Å². The van der Waals surface area contributed by atoms with Gasteiger partial charge in [-0.25, -0.2) is 4.98 Å². The van der Waals surface area contributed by atoms with E-state index in [0.717, 1.165) is 49.2 Å². The Hall–Kier alpha value is -4.21. The van der Waals surface area contributed by atoms with E-state index in [-0.39, 0.29) is 41.8 Å². The Morgan fingerprint density at radius 1 is 1.00 bits per heavy atom. The van der Waals surface area contributed by atoms with Crippen LogP contribution in [0.5, 0.6) is 0 Å². The minimum absolute atomic E-state index is 0.0102. The van der Waals surface area contributed by atoms with Gasteiger partial charge in [-0.1, -0.05) is 31.0 Å². The fourth-order valence-electron chi connectivity index (χ4n) is 6.74. The number of anilines is 1. The molecule has 4 aromatic rings. The maximum atomic E-state index is 14.2. The van der Waals surface area contributed by atoms with Gasteiger partial charge in [0.1, 0.15) is 16.9 Å². The lowest BCUT2D eigenvalue weighted by molar-refractivity contribution is -0.138. The van der Waals surface area contributed by atoms with Crippen molar-refractivity contribution in [2.75, 3.05) is 11.9 Å². The van der Waals surface area contributed by atoms with E-state index in [1.807, 2.05) is 18.3 Å². The van der Waals surface area contributed by atoms with Crippen LogP contribution in [-0.2, 0) is 4.79 Å². The Morgan fingerprint density at radius 2 is 1.87 bits per heavy atom. The number of carbonyl (C=O) groups excluding carboxylic acids is 2. The lowest BCUT2D eigenvalue weighted by Gasteiger charge is -2.41. The Labute approximate surface area is 219 Å². The highest BCUT2D eigenvalue weighted by Gasteiger charge is 2.49. The van der Waals surface area contributed by atoms with Crippen molar-refractivity contribution in [1.29, 1.82) is 0 Å². The molecule has 0 unspecified atom stereocenters. The maximum Gasteiger partial charge on any atom is 0.251 e. The molecule has 3 aliphatic rings. The van der Waals surface area contributed by atoms with Crippen molar-refractivity contribution in [3.63, 3.8) is 0 Å². The summed E-state index contributed by atoms with van der Waals surface area (Å²) in [6.07, 6.45) is 8.08. The summed E-state index contributed by atoms with van der Waals surface area (Å²) in [5, 5.41) is 17.6. The second-order valence-corrected chi connectivity index (χ2v) is 10.6. The van der Waals surface area contributed by atoms with E-state index in [0.29, 0.717) is 23.1 Å². The van der Waals surface area contributed by atoms with Crippen LogP contribution in [0.4, 0.5) is 5.69 Å². The molecule has 1 saturated heterocycles. The first kappa shape index (κ1) is 22.9. The van der Waals surface area contributed by atoms with Gasteiger partial charge in [-0.05, 0) is 49.1 Å². The number of likely N-dealkylation sites (tertiary alicyclic amines) is 1. The van der Waals surface area contributed by atoms with E-state index in [1.54, 1.807) is 24.4 Å². The summed E-state index contributed by atoms with van der Waals surface area (Å²) in [6, 6.07) is 13.3. The summed E-state index contributed by atoms with van der Waals surface area (Å²) >= 11 is 0. The van der Waals surface area contributed by atoms with Crippen molar-refractivity contribution < 1.29 is 9.59 Å². The van der Waals surface area contributed by atoms with E-state index < -0.39 is 0 Å². The summed E-state index contributed by atoms with van der Waals surface area (Å²) in [6.45, 7) is 0.696. The van der Waals surface area contributed by atoms with Crippen molar-refractivity contribution in [2.24, 2.45) is 11.8 Å². The second kappa shape index (κ2) is 9.27. The van der Waals surface area contributed by atoms with Gasteiger partial charge >= 0.3 is 0 Å². The van der Waals surface area contributed by atoms with E-state index in [4.69, 9.17) is 0 Å². The number of fused-ring (bicyclic) bond motifs is 4. The highest BCUT2D eigenvalue weighted by molar-refractivity contribution is 5.97. The number of rotatable bonds is 4. The number of amides is 2. The molecule has 10 heteroatoms. The number of imidazole rings is 1. The lowest BCUT2D eigenvalue weighted by Crippen LogP contribution is -2.50. The van der Waals surface area contributed by atoms with Crippen LogP contribution in [0, 0.1) is 11.8 Å². The van der Waals surface area contributed by atoms with Crippen LogP contribution in [0.3, 0.4) is 0 Å². The molecule has 5 atom stereocenters. The summed E-state index contributed by atoms with van der Waals surface area (Å²) in [4.78, 5) is 37.4. The third-order valence-corrected chi connectivity index (χ3v) is 8.54. The van der Waals surface area contributed by atoms with E-state index in [9.17, 15) is 9.59 Å². The molecule has 38 heavy (non-hydrogen) atoms. The average molecular weight is 511 g/mol. The summed E-state index contributed by atoms with van der Waals surface area (Å²) in [7, 11) is 0. The van der Waals surface area contributed by atoms with Gasteiger partial charge in [0.15, 0.2) is 0 Å². The summed E-state index contributed by atoms with van der Waals surface area (Å²) < 4.78 is 0. The molecule has 2 aliphatic heterocycles. The molecule has 1 aliphatic carbocycles. The normalized spacial score (nSPS) is 26.4. The van der Waals surface area contributed by atoms with Gasteiger partial charge < -0.3 is 20.5 Å². The van der Waals surface area contributed by atoms with Crippen LogP contribution in [0.1, 0.15) is 65.9 Å².